The summed E-state index contributed by atoms with van der Waals surface area (Å²) in [7, 11) is 2.10. The zero-order valence-electron chi connectivity index (χ0n) is 12.1. The molecule has 0 atom stereocenters. The Morgan fingerprint density at radius 3 is 2.78 bits per heavy atom. The lowest BCUT2D eigenvalue weighted by Crippen LogP contribution is -2.17. The largest absolute Gasteiger partial charge is 0.351 e. The van der Waals surface area contributed by atoms with Gasteiger partial charge in [-0.15, -0.1) is 11.3 Å². The number of aromatic nitrogens is 1. The maximum Gasteiger partial charge on any atom is 0.185 e. The highest BCUT2D eigenvalue weighted by Gasteiger charge is 2.07. The molecule has 0 unspecified atom stereocenters. The fourth-order valence-electron chi connectivity index (χ4n) is 1.63. The number of hydrogen-bond donors (Lipinski definition) is 0. The van der Waals surface area contributed by atoms with Crippen molar-refractivity contribution in [3.05, 3.63) is 29.3 Å². The van der Waals surface area contributed by atoms with E-state index in [1.807, 2.05) is 0 Å². The van der Waals surface area contributed by atoms with E-state index < -0.39 is 0 Å². The van der Waals surface area contributed by atoms with Crippen molar-refractivity contribution >= 4 is 22.0 Å². The zero-order chi connectivity index (χ0) is 13.5. The van der Waals surface area contributed by atoms with E-state index in [1.165, 1.54) is 5.57 Å². The van der Waals surface area contributed by atoms with Crippen LogP contribution in [0.5, 0.6) is 0 Å². The fraction of sp³-hybridized carbons (Fsp3) is 0.533. The molecule has 18 heavy (non-hydrogen) atoms. The van der Waals surface area contributed by atoms with Gasteiger partial charge in [0.2, 0.25) is 0 Å². The van der Waals surface area contributed by atoms with E-state index in [9.17, 15) is 0 Å². The van der Waals surface area contributed by atoms with Crippen LogP contribution in [-0.4, -0.2) is 18.6 Å². The third-order valence-corrected chi connectivity index (χ3v) is 3.60. The maximum atomic E-state index is 4.70. The van der Waals surface area contributed by atoms with Gasteiger partial charge in [0.05, 0.1) is 5.69 Å². The molecule has 1 rings (SSSR count). The van der Waals surface area contributed by atoms with Crippen molar-refractivity contribution in [1.29, 1.82) is 0 Å². The fourth-order valence-corrected chi connectivity index (χ4v) is 2.46. The van der Waals surface area contributed by atoms with Gasteiger partial charge in [-0.1, -0.05) is 39.0 Å². The second kappa shape index (κ2) is 7.37. The minimum atomic E-state index is 0.570. The minimum Gasteiger partial charge on any atom is -0.351 e. The summed E-state index contributed by atoms with van der Waals surface area (Å²) in [5.41, 5.74) is 2.29. The summed E-state index contributed by atoms with van der Waals surface area (Å²) in [5, 5.41) is 3.24. The summed E-state index contributed by atoms with van der Waals surface area (Å²) in [6.45, 7) is 9.68. The van der Waals surface area contributed by atoms with Crippen LogP contribution < -0.4 is 4.90 Å². The molecule has 0 aliphatic rings. The summed E-state index contributed by atoms with van der Waals surface area (Å²) in [6.07, 6.45) is 7.65. The van der Waals surface area contributed by atoms with Crippen molar-refractivity contribution < 1.29 is 0 Å². The highest BCUT2D eigenvalue weighted by molar-refractivity contribution is 7.13. The lowest BCUT2D eigenvalue weighted by Gasteiger charge is -2.13. The smallest absolute Gasteiger partial charge is 0.185 e. The molecule has 0 aromatic carbocycles. The van der Waals surface area contributed by atoms with Crippen LogP contribution in [-0.2, 0) is 0 Å². The number of anilines is 1. The van der Waals surface area contributed by atoms with Crippen molar-refractivity contribution in [2.24, 2.45) is 5.92 Å². The summed E-state index contributed by atoms with van der Waals surface area (Å²) in [5.74, 6) is 0.570. The quantitative estimate of drug-likeness (QED) is 0.698. The number of thiazole rings is 1. The molecule has 2 nitrogen and oxygen atoms in total. The van der Waals surface area contributed by atoms with Gasteiger partial charge in [0.1, 0.15) is 0 Å². The van der Waals surface area contributed by atoms with Gasteiger partial charge >= 0.3 is 0 Å². The van der Waals surface area contributed by atoms with E-state index >= 15 is 0 Å². The molecule has 0 radical (unpaired) electrons. The van der Waals surface area contributed by atoms with E-state index in [0.717, 1.165) is 23.8 Å². The topological polar surface area (TPSA) is 16.1 Å². The summed E-state index contributed by atoms with van der Waals surface area (Å²) in [4.78, 5) is 6.92. The Labute approximate surface area is 115 Å². The molecule has 0 fully saturated rings. The van der Waals surface area contributed by atoms with E-state index in [0.29, 0.717) is 5.92 Å². The molecule has 3 heteroatoms. The first kappa shape index (κ1) is 15.0. The normalized spacial score (nSPS) is 12.7. The van der Waals surface area contributed by atoms with E-state index in [2.05, 4.69) is 63.3 Å². The van der Waals surface area contributed by atoms with Gasteiger partial charge in [0.25, 0.3) is 0 Å². The standard InChI is InChI=1S/C15H24N2S/c1-6-10-17(5)15-16-14(11-18-15)13(7-2)9-8-12(3)4/h7-9,11-12H,6,10H2,1-5H3/b9-8-,13-7+. The number of allylic oxidation sites excluding steroid dienone is 4. The Morgan fingerprint density at radius 1 is 1.50 bits per heavy atom. The van der Waals surface area contributed by atoms with Gasteiger partial charge in [0, 0.05) is 19.0 Å². The molecule has 1 aromatic heterocycles. The minimum absolute atomic E-state index is 0.570. The Hall–Kier alpha value is -1.09. The highest BCUT2D eigenvalue weighted by Crippen LogP contribution is 2.25. The molecule has 0 saturated heterocycles. The van der Waals surface area contributed by atoms with Gasteiger partial charge in [-0.25, -0.2) is 4.98 Å². The lowest BCUT2D eigenvalue weighted by atomic mass is 10.1. The summed E-state index contributed by atoms with van der Waals surface area (Å²) < 4.78 is 0. The SMILES string of the molecule is C/C=C(\C=C/C(C)C)c1csc(N(C)CCC)n1. The van der Waals surface area contributed by atoms with Crippen molar-refractivity contribution in [1.82, 2.24) is 4.98 Å². The molecule has 0 N–H and O–H groups in total. The number of hydrogen-bond acceptors (Lipinski definition) is 3. The lowest BCUT2D eigenvalue weighted by molar-refractivity contribution is 0.832. The second-order valence-electron chi connectivity index (χ2n) is 4.78. The van der Waals surface area contributed by atoms with Crippen LogP contribution in [0.1, 0.15) is 39.8 Å². The third kappa shape index (κ3) is 4.30. The van der Waals surface area contributed by atoms with Gasteiger partial charge in [-0.05, 0) is 24.8 Å². The Morgan fingerprint density at radius 2 is 2.22 bits per heavy atom. The Kier molecular flexibility index (Phi) is 6.13. The highest BCUT2D eigenvalue weighted by atomic mass is 32.1. The predicted molar refractivity (Wildman–Crippen MR) is 83.3 cm³/mol. The van der Waals surface area contributed by atoms with Crippen LogP contribution in [0.2, 0.25) is 0 Å². The van der Waals surface area contributed by atoms with Gasteiger partial charge in [0.15, 0.2) is 5.13 Å². The van der Waals surface area contributed by atoms with E-state index in [4.69, 9.17) is 4.98 Å². The molecule has 1 heterocycles. The average molecular weight is 264 g/mol. The number of nitrogens with zero attached hydrogens (tertiary/aromatic N) is 2. The second-order valence-corrected chi connectivity index (χ2v) is 5.62. The molecule has 0 amide bonds. The summed E-state index contributed by atoms with van der Waals surface area (Å²) in [6, 6.07) is 0. The van der Waals surface area contributed by atoms with Crippen LogP contribution >= 0.6 is 11.3 Å². The van der Waals surface area contributed by atoms with Crippen LogP contribution in [0.25, 0.3) is 5.57 Å². The monoisotopic (exact) mass is 264 g/mol. The van der Waals surface area contributed by atoms with E-state index in [-0.39, 0.29) is 0 Å². The first-order valence-corrected chi connectivity index (χ1v) is 7.48. The van der Waals surface area contributed by atoms with Gasteiger partial charge < -0.3 is 4.90 Å². The van der Waals surface area contributed by atoms with Gasteiger partial charge in [-0.3, -0.25) is 0 Å². The Bertz CT molecular complexity index is 416. The van der Waals surface area contributed by atoms with Crippen molar-refractivity contribution in [2.75, 3.05) is 18.5 Å². The average Bonchev–Trinajstić information content (AvgIpc) is 2.79. The van der Waals surface area contributed by atoms with Crippen LogP contribution in [0.4, 0.5) is 5.13 Å². The molecular weight excluding hydrogens is 240 g/mol. The maximum absolute atomic E-state index is 4.70. The predicted octanol–water partition coefficient (Wildman–Crippen LogP) is 4.60. The molecule has 0 aliphatic carbocycles. The van der Waals surface area contributed by atoms with E-state index in [1.54, 1.807) is 11.3 Å². The van der Waals surface area contributed by atoms with Crippen molar-refractivity contribution in [3.8, 4) is 0 Å². The van der Waals surface area contributed by atoms with Crippen molar-refractivity contribution in [2.45, 2.75) is 34.1 Å². The first-order valence-electron chi connectivity index (χ1n) is 6.60. The molecule has 100 valence electrons. The summed E-state index contributed by atoms with van der Waals surface area (Å²) >= 11 is 1.72. The third-order valence-electron chi connectivity index (χ3n) is 2.65. The molecule has 0 saturated carbocycles. The first-order chi connectivity index (χ1) is 8.58. The van der Waals surface area contributed by atoms with Crippen molar-refractivity contribution in [3.63, 3.8) is 0 Å². The van der Waals surface area contributed by atoms with Crippen LogP contribution in [0.3, 0.4) is 0 Å². The molecule has 0 bridgehead atoms. The molecule has 0 aliphatic heterocycles. The molecule has 1 aromatic rings. The number of rotatable bonds is 6. The molecular formula is C15H24N2S. The van der Waals surface area contributed by atoms with Crippen LogP contribution in [0.15, 0.2) is 23.6 Å². The zero-order valence-corrected chi connectivity index (χ0v) is 12.9. The van der Waals surface area contributed by atoms with Crippen LogP contribution in [0, 0.1) is 5.92 Å². The van der Waals surface area contributed by atoms with Gasteiger partial charge in [-0.2, -0.15) is 0 Å². The molecule has 0 spiro atoms. The Balaban J connectivity index is 2.83.